The number of carbonyl (C=O) groups excluding carboxylic acids is 8. The highest BCUT2D eigenvalue weighted by molar-refractivity contribution is 7.98. The Labute approximate surface area is 559 Å². The summed E-state index contributed by atoms with van der Waals surface area (Å²) in [5.41, 5.74) is 1.08. The Hall–Kier alpha value is -6.19. The van der Waals surface area contributed by atoms with Crippen molar-refractivity contribution in [3.05, 3.63) is 35.9 Å². The average Bonchev–Trinajstić information content (AvgIpc) is 1.48. The van der Waals surface area contributed by atoms with E-state index < -0.39 is 78.5 Å². The van der Waals surface area contributed by atoms with Gasteiger partial charge in [-0.05, 0) is 88.2 Å². The van der Waals surface area contributed by atoms with Gasteiger partial charge >= 0.3 is 23.9 Å². The predicted octanol–water partition coefficient (Wildman–Crippen LogP) is 7.39. The number of hydrogen-bond acceptors (Lipinski definition) is 18. The highest BCUT2D eigenvalue weighted by Gasteiger charge is 2.27. The first-order valence-corrected chi connectivity index (χ1v) is 35.3. The van der Waals surface area contributed by atoms with Crippen molar-refractivity contribution >= 4 is 82.4 Å². The Morgan fingerprint density at radius 3 is 1.54 bits per heavy atom. The van der Waals surface area contributed by atoms with E-state index in [0.29, 0.717) is 44.9 Å². The highest BCUT2D eigenvalue weighted by Crippen LogP contribution is 2.19. The standard InChI is InChI=1S/C68H111N5O20S/c1-3-59(76)56(71-48-60(77)52(36-45-94-2)46-51-24-17-16-18-25-51)27-21-22-37-69-61(78)34-30-53(66(84)85)47-54(74)31-32-57(67(86)87)73-64(81)50-93-44-41-90-39-23-26-55(75)49-92-43-42-91-40-38-70-62(79)35-33-58(68(88)89)72-63(80)28-19-14-12-10-8-6-4-5-7-9-11-13-15-20-29-65(82)83/h16-18,24-25,52-53,56-58,71H,3-15,19-23,26-50H2,1-2H3,(H,69,78)(H,70,79)(H,72,80)(H,73,81)(H,82,83)(H,84,85)(H,86,87)(H,88,89)/t52-,53-,56+,57+,58+/m1/s1. The average molecular weight is 1350 g/mol. The van der Waals surface area contributed by atoms with Crippen LogP contribution in [0.4, 0.5) is 0 Å². The van der Waals surface area contributed by atoms with Crippen molar-refractivity contribution in [3.63, 3.8) is 0 Å². The minimum Gasteiger partial charge on any atom is -0.481 e. The largest absolute Gasteiger partial charge is 0.481 e. The van der Waals surface area contributed by atoms with Crippen LogP contribution in [0.15, 0.2) is 30.3 Å². The van der Waals surface area contributed by atoms with E-state index in [-0.39, 0.29) is 159 Å². The number of aliphatic carboxylic acids is 4. The summed E-state index contributed by atoms with van der Waals surface area (Å²) >= 11 is 1.68. The van der Waals surface area contributed by atoms with Crippen LogP contribution in [-0.4, -0.2) is 194 Å². The smallest absolute Gasteiger partial charge is 0.326 e. The summed E-state index contributed by atoms with van der Waals surface area (Å²) in [7, 11) is 0. The van der Waals surface area contributed by atoms with E-state index in [1.165, 1.54) is 32.1 Å². The van der Waals surface area contributed by atoms with Gasteiger partial charge in [-0.3, -0.25) is 47.9 Å². The normalized spacial score (nSPS) is 12.8. The van der Waals surface area contributed by atoms with Gasteiger partial charge in [-0.15, -0.1) is 0 Å². The Balaban J connectivity index is 2.14. The van der Waals surface area contributed by atoms with Crippen LogP contribution in [0, 0.1) is 11.8 Å². The van der Waals surface area contributed by atoms with Crippen molar-refractivity contribution in [3.8, 4) is 0 Å². The van der Waals surface area contributed by atoms with Crippen LogP contribution in [0.3, 0.4) is 0 Å². The molecular formula is C68H111N5O20S. The molecule has 26 heteroatoms. The third-order valence-corrected chi connectivity index (χ3v) is 16.4. The summed E-state index contributed by atoms with van der Waals surface area (Å²) in [5, 5.41) is 51.1. The van der Waals surface area contributed by atoms with Crippen molar-refractivity contribution in [1.82, 2.24) is 26.6 Å². The van der Waals surface area contributed by atoms with Crippen molar-refractivity contribution in [2.45, 2.75) is 224 Å². The van der Waals surface area contributed by atoms with Gasteiger partial charge in [-0.1, -0.05) is 114 Å². The maximum atomic E-state index is 13.3. The van der Waals surface area contributed by atoms with Crippen LogP contribution >= 0.6 is 11.8 Å². The van der Waals surface area contributed by atoms with E-state index in [1.54, 1.807) is 18.7 Å². The maximum Gasteiger partial charge on any atom is 0.326 e. The number of hydrogen-bond donors (Lipinski definition) is 9. The zero-order valence-electron chi connectivity index (χ0n) is 55.9. The summed E-state index contributed by atoms with van der Waals surface area (Å²) in [4.78, 5) is 147. The summed E-state index contributed by atoms with van der Waals surface area (Å²) in [6.45, 7) is 2.36. The molecule has 1 aromatic rings. The van der Waals surface area contributed by atoms with Gasteiger partial charge < -0.3 is 66.0 Å². The zero-order chi connectivity index (χ0) is 69.4. The molecular weight excluding hydrogens is 1240 g/mol. The molecule has 0 bridgehead atoms. The molecule has 0 aliphatic heterocycles. The number of rotatable bonds is 66. The Morgan fingerprint density at radius 2 is 0.968 bits per heavy atom. The first kappa shape index (κ1) is 85.8. The minimum absolute atomic E-state index is 0.00844. The van der Waals surface area contributed by atoms with Crippen LogP contribution in [0.5, 0.6) is 0 Å². The first-order chi connectivity index (χ1) is 45.2. The third kappa shape index (κ3) is 48.5. The molecule has 25 nitrogen and oxygen atoms in total. The van der Waals surface area contributed by atoms with Crippen LogP contribution in [0.1, 0.15) is 205 Å². The number of amides is 4. The van der Waals surface area contributed by atoms with Crippen molar-refractivity contribution in [2.24, 2.45) is 11.8 Å². The number of unbranched alkanes of at least 4 members (excludes halogenated alkanes) is 14. The van der Waals surface area contributed by atoms with Gasteiger partial charge in [0, 0.05) is 77.0 Å². The number of carboxylic acid groups (broad SMARTS) is 4. The van der Waals surface area contributed by atoms with Gasteiger partial charge in [-0.2, -0.15) is 11.8 Å². The SMILES string of the molecule is CCC(=O)[C@H](CCCCNC(=O)CC[C@H](CC(=O)CC[C@H](NC(=O)COCCOCCCC(=O)COCCOCCNC(=O)CC[C@H](NC(=O)CCCCCCCCCCCCCCCCC(=O)O)C(=O)O)C(=O)O)C(=O)O)NCC(=O)[C@H](CCSC)Cc1ccccc1. The quantitative estimate of drug-likeness (QED) is 0.0287. The third-order valence-electron chi connectivity index (χ3n) is 15.7. The number of benzene rings is 1. The second kappa shape index (κ2) is 57.1. The van der Waals surface area contributed by atoms with E-state index in [4.69, 9.17) is 24.1 Å². The molecule has 0 unspecified atom stereocenters. The van der Waals surface area contributed by atoms with Crippen LogP contribution in [0.2, 0.25) is 0 Å². The van der Waals surface area contributed by atoms with Gasteiger partial charge in [0.1, 0.15) is 42.6 Å². The van der Waals surface area contributed by atoms with Crippen molar-refractivity contribution < 1.29 is 96.9 Å². The fraction of sp³-hybridized carbons (Fsp3) is 0.735. The van der Waals surface area contributed by atoms with E-state index >= 15 is 0 Å². The van der Waals surface area contributed by atoms with Gasteiger partial charge in [0.05, 0.1) is 51.5 Å². The van der Waals surface area contributed by atoms with Gasteiger partial charge in [-0.25, -0.2) is 9.59 Å². The molecule has 0 heterocycles. The number of thioether (sulfide) groups is 1. The number of ketones is 4. The molecule has 0 aliphatic rings. The summed E-state index contributed by atoms with van der Waals surface area (Å²) in [6.07, 6.45) is 19.5. The first-order valence-electron chi connectivity index (χ1n) is 33.9. The molecule has 1 aromatic carbocycles. The van der Waals surface area contributed by atoms with E-state index in [9.17, 15) is 72.9 Å². The molecule has 534 valence electrons. The van der Waals surface area contributed by atoms with E-state index in [2.05, 4.69) is 26.6 Å². The van der Waals surface area contributed by atoms with Gasteiger partial charge in [0.15, 0.2) is 5.78 Å². The fourth-order valence-electron chi connectivity index (χ4n) is 10.2. The monoisotopic (exact) mass is 1350 g/mol. The van der Waals surface area contributed by atoms with E-state index in [0.717, 1.165) is 69.1 Å². The molecule has 0 spiro atoms. The Morgan fingerprint density at radius 1 is 0.436 bits per heavy atom. The molecule has 94 heavy (non-hydrogen) atoms. The molecule has 5 atom stereocenters. The number of ether oxygens (including phenoxy) is 4. The predicted molar refractivity (Wildman–Crippen MR) is 355 cm³/mol. The van der Waals surface area contributed by atoms with Crippen molar-refractivity contribution in [2.75, 3.05) is 84.5 Å². The summed E-state index contributed by atoms with van der Waals surface area (Å²) < 4.78 is 21.5. The molecule has 4 amide bonds. The molecule has 1 rings (SSSR count). The number of nitrogens with one attached hydrogen (secondary N) is 5. The maximum absolute atomic E-state index is 13.3. The molecule has 0 aromatic heterocycles. The van der Waals surface area contributed by atoms with Crippen LogP contribution in [-0.2, 0) is 82.9 Å². The lowest BCUT2D eigenvalue weighted by Crippen LogP contribution is -2.42. The lowest BCUT2D eigenvalue weighted by atomic mass is 9.92. The lowest BCUT2D eigenvalue weighted by Gasteiger charge is -2.20. The molecule has 0 aliphatic carbocycles. The molecule has 0 radical (unpaired) electrons. The molecule has 0 saturated heterocycles. The summed E-state index contributed by atoms with van der Waals surface area (Å²) in [6, 6.07) is 6.69. The Kier molecular flexibility index (Phi) is 52.1. The number of Topliss-reactive ketones (excluding diaryl/α,β-unsaturated/α-hetero) is 4. The number of carboxylic acids is 4. The Bertz CT molecular complexity index is 2350. The second-order valence-electron chi connectivity index (χ2n) is 23.7. The molecule has 0 fully saturated rings. The molecule has 0 saturated carbocycles. The molecule has 9 N–H and O–H groups in total. The fourth-order valence-corrected chi connectivity index (χ4v) is 10.7. The highest BCUT2D eigenvalue weighted by atomic mass is 32.2. The topological polar surface area (TPSA) is 383 Å². The van der Waals surface area contributed by atoms with E-state index in [1.807, 2.05) is 36.6 Å². The van der Waals surface area contributed by atoms with Crippen molar-refractivity contribution in [1.29, 1.82) is 0 Å². The van der Waals surface area contributed by atoms with Gasteiger partial charge in [0.25, 0.3) is 0 Å². The van der Waals surface area contributed by atoms with Crippen LogP contribution in [0.25, 0.3) is 0 Å². The second-order valence-corrected chi connectivity index (χ2v) is 24.7. The summed E-state index contributed by atoms with van der Waals surface area (Å²) in [5.74, 6) is -7.74. The number of carbonyl (C=O) groups is 12. The zero-order valence-corrected chi connectivity index (χ0v) is 56.7. The van der Waals surface area contributed by atoms with Gasteiger partial charge in [0.2, 0.25) is 23.6 Å². The van der Waals surface area contributed by atoms with Crippen LogP contribution < -0.4 is 26.6 Å². The minimum atomic E-state index is -1.45. The lowest BCUT2D eigenvalue weighted by molar-refractivity contribution is -0.145.